The van der Waals surface area contributed by atoms with E-state index in [1.807, 2.05) is 51.1 Å². The molecule has 0 aromatic heterocycles. The van der Waals surface area contributed by atoms with Crippen LogP contribution in [0.25, 0.3) is 0 Å². The van der Waals surface area contributed by atoms with Gasteiger partial charge in [-0.15, -0.1) is 0 Å². The van der Waals surface area contributed by atoms with Crippen molar-refractivity contribution in [3.05, 3.63) is 35.9 Å². The Hall–Kier alpha value is -2.28. The predicted molar refractivity (Wildman–Crippen MR) is 99.1 cm³/mol. The zero-order valence-corrected chi connectivity index (χ0v) is 16.3. The molecule has 0 aliphatic carbocycles. The smallest absolute Gasteiger partial charge is 0.412 e. The molecular weight excluding hydrogens is 348 g/mol. The minimum atomic E-state index is -0.505. The van der Waals surface area contributed by atoms with E-state index in [4.69, 9.17) is 14.2 Å². The van der Waals surface area contributed by atoms with Crippen molar-refractivity contribution in [1.82, 2.24) is 9.80 Å². The Morgan fingerprint density at radius 3 is 2.37 bits per heavy atom. The molecule has 1 aromatic carbocycles. The van der Waals surface area contributed by atoms with Gasteiger partial charge in [-0.25, -0.2) is 9.59 Å². The Morgan fingerprint density at radius 1 is 1.07 bits per heavy atom. The standard InChI is InChI=1S/C20H28N2O5/c1-19(2,3)27-18(24)21-11-9-20(10-12-21)14-22(15-26-20)17(23)25-13-16-7-5-4-6-8-16/h4-8H,9-15H2,1-3H3. The summed E-state index contributed by atoms with van der Waals surface area (Å²) in [7, 11) is 0. The van der Waals surface area contributed by atoms with Crippen molar-refractivity contribution >= 4 is 12.2 Å². The molecule has 0 bridgehead atoms. The molecule has 2 saturated heterocycles. The molecule has 1 spiro atoms. The van der Waals surface area contributed by atoms with Gasteiger partial charge >= 0.3 is 12.2 Å². The van der Waals surface area contributed by atoms with Gasteiger partial charge in [0.1, 0.15) is 18.9 Å². The number of ether oxygens (including phenoxy) is 3. The molecule has 2 aliphatic rings. The van der Waals surface area contributed by atoms with Crippen LogP contribution in [0.3, 0.4) is 0 Å². The second-order valence-electron chi connectivity index (χ2n) is 8.16. The third kappa shape index (κ3) is 5.13. The van der Waals surface area contributed by atoms with E-state index in [-0.39, 0.29) is 25.5 Å². The van der Waals surface area contributed by atoms with Crippen LogP contribution in [0, 0.1) is 0 Å². The molecule has 27 heavy (non-hydrogen) atoms. The summed E-state index contributed by atoms with van der Waals surface area (Å²) in [6.07, 6.45) is 0.684. The van der Waals surface area contributed by atoms with E-state index in [9.17, 15) is 9.59 Å². The molecule has 2 heterocycles. The number of carbonyl (C=O) groups is 2. The first-order valence-electron chi connectivity index (χ1n) is 9.34. The van der Waals surface area contributed by atoms with E-state index in [1.54, 1.807) is 9.80 Å². The molecule has 2 amide bonds. The second kappa shape index (κ2) is 7.76. The number of hydrogen-bond donors (Lipinski definition) is 0. The van der Waals surface area contributed by atoms with Gasteiger partial charge in [0.05, 0.1) is 12.1 Å². The van der Waals surface area contributed by atoms with Crippen LogP contribution in [0.2, 0.25) is 0 Å². The van der Waals surface area contributed by atoms with E-state index in [0.29, 0.717) is 32.5 Å². The summed E-state index contributed by atoms with van der Waals surface area (Å²) in [6, 6.07) is 9.58. The average molecular weight is 376 g/mol. The molecule has 7 nitrogen and oxygen atoms in total. The number of hydrogen-bond acceptors (Lipinski definition) is 5. The lowest BCUT2D eigenvalue weighted by atomic mass is 9.91. The molecule has 0 saturated carbocycles. The molecular formula is C20H28N2O5. The van der Waals surface area contributed by atoms with Gasteiger partial charge in [0, 0.05) is 13.1 Å². The fourth-order valence-corrected chi connectivity index (χ4v) is 3.31. The van der Waals surface area contributed by atoms with Crippen LogP contribution in [-0.4, -0.2) is 59.6 Å². The van der Waals surface area contributed by atoms with E-state index < -0.39 is 11.2 Å². The van der Waals surface area contributed by atoms with E-state index in [0.717, 1.165) is 5.56 Å². The second-order valence-corrected chi connectivity index (χ2v) is 8.16. The summed E-state index contributed by atoms with van der Waals surface area (Å²) in [6.45, 7) is 7.64. The summed E-state index contributed by atoms with van der Waals surface area (Å²) in [5, 5.41) is 0. The number of amides is 2. The van der Waals surface area contributed by atoms with Gasteiger partial charge in [0.25, 0.3) is 0 Å². The van der Waals surface area contributed by atoms with Gasteiger partial charge in [-0.3, -0.25) is 4.90 Å². The number of benzene rings is 1. The van der Waals surface area contributed by atoms with Crippen LogP contribution >= 0.6 is 0 Å². The van der Waals surface area contributed by atoms with Gasteiger partial charge in [-0.2, -0.15) is 0 Å². The highest BCUT2D eigenvalue weighted by Crippen LogP contribution is 2.33. The quantitative estimate of drug-likeness (QED) is 0.791. The molecule has 7 heteroatoms. The lowest BCUT2D eigenvalue weighted by molar-refractivity contribution is -0.0446. The number of likely N-dealkylation sites (tertiary alicyclic amines) is 1. The SMILES string of the molecule is CC(C)(C)OC(=O)N1CCC2(CC1)CN(C(=O)OCc1ccccc1)CO2. The molecule has 0 atom stereocenters. The summed E-state index contributed by atoms with van der Waals surface area (Å²) in [4.78, 5) is 27.8. The largest absolute Gasteiger partial charge is 0.444 e. The maximum absolute atomic E-state index is 12.3. The first kappa shape index (κ1) is 19.5. The Bertz CT molecular complexity index is 663. The molecule has 0 N–H and O–H groups in total. The van der Waals surface area contributed by atoms with Gasteiger partial charge in [0.15, 0.2) is 0 Å². The third-order valence-corrected chi connectivity index (χ3v) is 4.80. The highest BCUT2D eigenvalue weighted by molar-refractivity contribution is 5.69. The van der Waals surface area contributed by atoms with Crippen LogP contribution in [0.4, 0.5) is 9.59 Å². The fraction of sp³-hybridized carbons (Fsp3) is 0.600. The molecule has 3 rings (SSSR count). The highest BCUT2D eigenvalue weighted by atomic mass is 16.6. The summed E-state index contributed by atoms with van der Waals surface area (Å²) in [5.41, 5.74) is 0.0472. The van der Waals surface area contributed by atoms with Crippen LogP contribution < -0.4 is 0 Å². The zero-order chi connectivity index (χ0) is 19.5. The lowest BCUT2D eigenvalue weighted by Crippen LogP contribution is -2.50. The number of carbonyl (C=O) groups excluding carboxylic acids is 2. The van der Waals surface area contributed by atoms with Crippen molar-refractivity contribution in [2.45, 2.75) is 51.4 Å². The lowest BCUT2D eigenvalue weighted by Gasteiger charge is -2.38. The number of nitrogens with zero attached hydrogens (tertiary/aromatic N) is 2. The first-order chi connectivity index (χ1) is 12.8. The van der Waals surface area contributed by atoms with Gasteiger partial charge in [0.2, 0.25) is 0 Å². The monoisotopic (exact) mass is 376 g/mol. The summed E-state index contributed by atoms with van der Waals surface area (Å²) in [5.74, 6) is 0. The van der Waals surface area contributed by atoms with Crippen LogP contribution in [0.15, 0.2) is 30.3 Å². The molecule has 0 radical (unpaired) electrons. The van der Waals surface area contributed by atoms with Crippen molar-refractivity contribution < 1.29 is 23.8 Å². The minimum absolute atomic E-state index is 0.222. The number of rotatable bonds is 2. The molecule has 2 fully saturated rings. The fourth-order valence-electron chi connectivity index (χ4n) is 3.31. The normalized spacial score (nSPS) is 19.2. The molecule has 0 unspecified atom stereocenters. The van der Waals surface area contributed by atoms with Gasteiger partial charge in [-0.05, 0) is 39.2 Å². The molecule has 148 valence electrons. The van der Waals surface area contributed by atoms with Gasteiger partial charge in [-0.1, -0.05) is 30.3 Å². The van der Waals surface area contributed by atoms with E-state index in [1.165, 1.54) is 0 Å². The first-order valence-corrected chi connectivity index (χ1v) is 9.34. The maximum Gasteiger partial charge on any atom is 0.412 e. The Balaban J connectivity index is 1.46. The summed E-state index contributed by atoms with van der Waals surface area (Å²) >= 11 is 0. The van der Waals surface area contributed by atoms with Crippen LogP contribution in [0.5, 0.6) is 0 Å². The van der Waals surface area contributed by atoms with Crippen molar-refractivity contribution in [3.63, 3.8) is 0 Å². The van der Waals surface area contributed by atoms with Crippen LogP contribution in [0.1, 0.15) is 39.2 Å². The van der Waals surface area contributed by atoms with Crippen molar-refractivity contribution in [1.29, 1.82) is 0 Å². The maximum atomic E-state index is 12.3. The van der Waals surface area contributed by atoms with Crippen molar-refractivity contribution in [2.75, 3.05) is 26.4 Å². The Morgan fingerprint density at radius 2 is 1.74 bits per heavy atom. The zero-order valence-electron chi connectivity index (χ0n) is 16.3. The predicted octanol–water partition coefficient (Wildman–Crippen LogP) is 3.38. The van der Waals surface area contributed by atoms with E-state index in [2.05, 4.69) is 0 Å². The van der Waals surface area contributed by atoms with Crippen molar-refractivity contribution in [3.8, 4) is 0 Å². The molecule has 2 aliphatic heterocycles. The number of piperidine rings is 1. The van der Waals surface area contributed by atoms with Crippen molar-refractivity contribution in [2.24, 2.45) is 0 Å². The molecule has 1 aromatic rings. The van der Waals surface area contributed by atoms with E-state index >= 15 is 0 Å². The highest BCUT2D eigenvalue weighted by Gasteiger charge is 2.45. The Labute approximate surface area is 160 Å². The Kier molecular flexibility index (Phi) is 5.60. The third-order valence-electron chi connectivity index (χ3n) is 4.80. The topological polar surface area (TPSA) is 68.3 Å². The minimum Gasteiger partial charge on any atom is -0.444 e. The van der Waals surface area contributed by atoms with Crippen LogP contribution in [-0.2, 0) is 20.8 Å². The van der Waals surface area contributed by atoms with Gasteiger partial charge < -0.3 is 19.1 Å². The average Bonchev–Trinajstić information content (AvgIpc) is 3.03. The summed E-state index contributed by atoms with van der Waals surface area (Å²) < 4.78 is 16.7.